The van der Waals surface area contributed by atoms with Crippen molar-refractivity contribution in [3.63, 3.8) is 0 Å². The van der Waals surface area contributed by atoms with E-state index in [1.165, 1.54) is 4.90 Å². The Labute approximate surface area is 163 Å². The lowest BCUT2D eigenvalue weighted by molar-refractivity contribution is -0.0537. The van der Waals surface area contributed by atoms with E-state index in [0.29, 0.717) is 31.7 Å². The lowest BCUT2D eigenvalue weighted by atomic mass is 9.91. The maximum atomic E-state index is 12.8. The van der Waals surface area contributed by atoms with Crippen molar-refractivity contribution in [1.29, 1.82) is 5.26 Å². The van der Waals surface area contributed by atoms with Crippen molar-refractivity contribution in [2.45, 2.75) is 58.2 Å². The molecule has 27 heavy (non-hydrogen) atoms. The Hall–Kier alpha value is -2.24. The molecule has 148 valence electrons. The molecule has 1 aromatic heterocycles. The number of halogens is 1. The molecule has 9 heteroatoms. The minimum atomic E-state index is -0.990. The number of H-pyrrole nitrogens is 1. The molecule has 1 fully saturated rings. The number of amides is 2. The standard InChI is InChI=1S/C18H25ClN4O4/c1-4-8-27-16-12(6-7-23(18(25)26)13(16)5-2)22-17(24)15-11(9-20)14(19)10(3)21-15/h12-13,16,21H,4-8H2,1-3H3,(H,22,24)(H,25,26)/t12-,13?,16+/m0/s1. The summed E-state index contributed by atoms with van der Waals surface area (Å²) in [4.78, 5) is 28.5. The lowest BCUT2D eigenvalue weighted by Gasteiger charge is -2.43. The highest BCUT2D eigenvalue weighted by Gasteiger charge is 2.41. The maximum absolute atomic E-state index is 12.8. The highest BCUT2D eigenvalue weighted by molar-refractivity contribution is 6.33. The van der Waals surface area contributed by atoms with E-state index in [4.69, 9.17) is 16.3 Å². The number of nitrogens with one attached hydrogen (secondary N) is 2. The summed E-state index contributed by atoms with van der Waals surface area (Å²) in [7, 11) is 0. The number of aromatic amines is 1. The van der Waals surface area contributed by atoms with Crippen LogP contribution in [0.15, 0.2) is 0 Å². The fourth-order valence-electron chi connectivity index (χ4n) is 3.50. The van der Waals surface area contributed by atoms with Gasteiger partial charge in [0.2, 0.25) is 0 Å². The van der Waals surface area contributed by atoms with Crippen LogP contribution in [0.2, 0.25) is 5.02 Å². The topological polar surface area (TPSA) is 118 Å². The number of hydrogen-bond acceptors (Lipinski definition) is 4. The van der Waals surface area contributed by atoms with E-state index < -0.39 is 18.1 Å². The molecule has 2 amide bonds. The number of likely N-dealkylation sites (tertiary alicyclic amines) is 1. The summed E-state index contributed by atoms with van der Waals surface area (Å²) in [6, 6.07) is 1.24. The summed E-state index contributed by atoms with van der Waals surface area (Å²) < 4.78 is 5.93. The quantitative estimate of drug-likeness (QED) is 0.683. The first-order chi connectivity index (χ1) is 12.8. The van der Waals surface area contributed by atoms with Crippen LogP contribution in [0.4, 0.5) is 4.79 Å². The fourth-order valence-corrected chi connectivity index (χ4v) is 3.68. The number of rotatable bonds is 6. The van der Waals surface area contributed by atoms with E-state index in [1.54, 1.807) is 6.92 Å². The zero-order chi connectivity index (χ0) is 20.1. The Morgan fingerprint density at radius 3 is 2.74 bits per heavy atom. The number of piperidine rings is 1. The van der Waals surface area contributed by atoms with Crippen LogP contribution in [-0.2, 0) is 4.74 Å². The van der Waals surface area contributed by atoms with Crippen LogP contribution in [0, 0.1) is 18.3 Å². The van der Waals surface area contributed by atoms with Crippen LogP contribution in [0.3, 0.4) is 0 Å². The van der Waals surface area contributed by atoms with Gasteiger partial charge in [-0.05, 0) is 26.2 Å². The van der Waals surface area contributed by atoms with Gasteiger partial charge in [-0.25, -0.2) is 4.79 Å². The Balaban J connectivity index is 2.25. The molecule has 0 radical (unpaired) electrons. The summed E-state index contributed by atoms with van der Waals surface area (Å²) >= 11 is 6.07. The molecule has 0 saturated carbocycles. The third kappa shape index (κ3) is 4.37. The largest absolute Gasteiger partial charge is 0.465 e. The number of hydrogen-bond donors (Lipinski definition) is 3. The lowest BCUT2D eigenvalue weighted by Crippen LogP contribution is -2.61. The van der Waals surface area contributed by atoms with Crippen molar-refractivity contribution in [2.24, 2.45) is 0 Å². The molecule has 3 atom stereocenters. The molecule has 8 nitrogen and oxygen atoms in total. The van der Waals surface area contributed by atoms with Gasteiger partial charge in [0.05, 0.1) is 23.2 Å². The molecule has 1 saturated heterocycles. The Bertz CT molecular complexity index is 742. The van der Waals surface area contributed by atoms with Crippen molar-refractivity contribution in [1.82, 2.24) is 15.2 Å². The molecule has 1 aliphatic heterocycles. The number of aryl methyl sites for hydroxylation is 1. The number of carboxylic acid groups (broad SMARTS) is 1. The second kappa shape index (κ2) is 9.11. The first-order valence-electron chi connectivity index (χ1n) is 9.05. The summed E-state index contributed by atoms with van der Waals surface area (Å²) in [6.07, 6.45) is 0.337. The molecule has 0 aromatic carbocycles. The summed E-state index contributed by atoms with van der Waals surface area (Å²) in [5.74, 6) is -0.449. The summed E-state index contributed by atoms with van der Waals surface area (Å²) in [5.41, 5.74) is 0.764. The Kier molecular flexibility index (Phi) is 7.11. The predicted octanol–water partition coefficient (Wildman–Crippen LogP) is 2.90. The number of ether oxygens (including phenoxy) is 1. The smallest absolute Gasteiger partial charge is 0.407 e. The molecular formula is C18H25ClN4O4. The second-order valence-corrected chi connectivity index (χ2v) is 6.96. The van der Waals surface area contributed by atoms with Crippen LogP contribution in [0.25, 0.3) is 0 Å². The molecule has 3 N–H and O–H groups in total. The monoisotopic (exact) mass is 396 g/mol. The van der Waals surface area contributed by atoms with Crippen LogP contribution in [0.1, 0.15) is 54.9 Å². The van der Waals surface area contributed by atoms with E-state index in [0.717, 1.165) is 6.42 Å². The third-order valence-corrected chi connectivity index (χ3v) is 5.27. The van der Waals surface area contributed by atoms with Gasteiger partial charge >= 0.3 is 6.09 Å². The number of nitrogens with zero attached hydrogens (tertiary/aromatic N) is 2. The van der Waals surface area contributed by atoms with Crippen molar-refractivity contribution in [3.05, 3.63) is 22.0 Å². The maximum Gasteiger partial charge on any atom is 0.407 e. The highest BCUT2D eigenvalue weighted by Crippen LogP contribution is 2.26. The van der Waals surface area contributed by atoms with E-state index in [9.17, 15) is 20.0 Å². The van der Waals surface area contributed by atoms with Gasteiger partial charge < -0.3 is 25.0 Å². The van der Waals surface area contributed by atoms with Gasteiger partial charge in [-0.2, -0.15) is 5.26 Å². The van der Waals surface area contributed by atoms with Crippen molar-refractivity contribution < 1.29 is 19.4 Å². The fraction of sp³-hybridized carbons (Fsp3) is 0.611. The minimum Gasteiger partial charge on any atom is -0.465 e. The van der Waals surface area contributed by atoms with E-state index in [2.05, 4.69) is 10.3 Å². The summed E-state index contributed by atoms with van der Waals surface area (Å²) in [6.45, 7) is 6.33. The van der Waals surface area contributed by atoms with Crippen LogP contribution in [-0.4, -0.2) is 58.3 Å². The molecule has 0 bridgehead atoms. The SMILES string of the molecule is CCCO[C@H]1C(CC)N(C(=O)O)CC[C@@H]1NC(=O)c1[nH]c(C)c(Cl)c1C#N. The molecule has 2 rings (SSSR count). The van der Waals surface area contributed by atoms with Crippen molar-refractivity contribution >= 4 is 23.6 Å². The van der Waals surface area contributed by atoms with E-state index >= 15 is 0 Å². The van der Waals surface area contributed by atoms with Crippen molar-refractivity contribution in [3.8, 4) is 6.07 Å². The first kappa shape index (κ1) is 21.1. The first-order valence-corrected chi connectivity index (χ1v) is 9.43. The van der Waals surface area contributed by atoms with Crippen LogP contribution >= 0.6 is 11.6 Å². The number of carbonyl (C=O) groups is 2. The van der Waals surface area contributed by atoms with Gasteiger partial charge in [-0.15, -0.1) is 0 Å². The number of carbonyl (C=O) groups excluding carboxylic acids is 1. The predicted molar refractivity (Wildman–Crippen MR) is 100.0 cm³/mol. The average Bonchev–Trinajstić information content (AvgIpc) is 2.94. The van der Waals surface area contributed by atoms with Gasteiger partial charge in [-0.3, -0.25) is 4.79 Å². The van der Waals surface area contributed by atoms with E-state index in [-0.39, 0.29) is 28.4 Å². The van der Waals surface area contributed by atoms with Gasteiger partial charge in [0.15, 0.2) is 0 Å². The molecule has 1 aromatic rings. The van der Waals surface area contributed by atoms with Crippen LogP contribution < -0.4 is 5.32 Å². The zero-order valence-electron chi connectivity index (χ0n) is 15.7. The molecular weight excluding hydrogens is 372 g/mol. The summed E-state index contributed by atoms with van der Waals surface area (Å²) in [5, 5.41) is 21.9. The highest BCUT2D eigenvalue weighted by atomic mass is 35.5. The Morgan fingerprint density at radius 1 is 1.48 bits per heavy atom. The van der Waals surface area contributed by atoms with Crippen LogP contribution in [0.5, 0.6) is 0 Å². The molecule has 0 aliphatic carbocycles. The van der Waals surface area contributed by atoms with Gasteiger partial charge in [0.25, 0.3) is 5.91 Å². The van der Waals surface area contributed by atoms with Gasteiger partial charge in [0.1, 0.15) is 17.3 Å². The molecule has 0 spiro atoms. The Morgan fingerprint density at radius 2 is 2.19 bits per heavy atom. The number of aromatic nitrogens is 1. The molecule has 1 aliphatic rings. The van der Waals surface area contributed by atoms with Gasteiger partial charge in [0, 0.05) is 18.8 Å². The van der Waals surface area contributed by atoms with E-state index in [1.807, 2.05) is 19.9 Å². The average molecular weight is 397 g/mol. The second-order valence-electron chi connectivity index (χ2n) is 6.58. The normalized spacial score (nSPS) is 22.3. The molecule has 1 unspecified atom stereocenters. The minimum absolute atomic E-state index is 0.104. The third-order valence-electron chi connectivity index (χ3n) is 4.80. The van der Waals surface area contributed by atoms with Gasteiger partial charge in [-0.1, -0.05) is 25.4 Å². The van der Waals surface area contributed by atoms with Crippen molar-refractivity contribution in [2.75, 3.05) is 13.2 Å². The molecule has 2 heterocycles. The zero-order valence-corrected chi connectivity index (χ0v) is 16.5. The number of nitriles is 1.